The minimum atomic E-state index is -1.20. The maximum Gasteiger partial charge on any atom is 0.245 e. The Bertz CT molecular complexity index is 478. The lowest BCUT2D eigenvalue weighted by Crippen LogP contribution is -2.22. The summed E-state index contributed by atoms with van der Waals surface area (Å²) in [6.07, 6.45) is 0. The zero-order valence-corrected chi connectivity index (χ0v) is 8.59. The lowest BCUT2D eigenvalue weighted by molar-refractivity contribution is -0.125. The van der Waals surface area contributed by atoms with E-state index in [1.165, 1.54) is 0 Å². The van der Waals surface area contributed by atoms with Crippen LogP contribution in [0.2, 0.25) is 0 Å². The Kier molecular flexibility index (Phi) is 2.63. The van der Waals surface area contributed by atoms with Gasteiger partial charge in [0.15, 0.2) is 0 Å². The Morgan fingerprint density at radius 3 is 2.44 bits per heavy atom. The van der Waals surface area contributed by atoms with Crippen LogP contribution in [-0.2, 0) is 9.59 Å². The number of imide groups is 1. The van der Waals surface area contributed by atoms with Gasteiger partial charge in [0.2, 0.25) is 11.8 Å². The third-order valence-corrected chi connectivity index (χ3v) is 2.82. The van der Waals surface area contributed by atoms with Crippen LogP contribution in [0.5, 0.6) is 0 Å². The third kappa shape index (κ3) is 1.67. The van der Waals surface area contributed by atoms with Gasteiger partial charge in [-0.05, 0) is 18.2 Å². The molecule has 0 bridgehead atoms. The van der Waals surface area contributed by atoms with Crippen LogP contribution in [0.25, 0.3) is 0 Å². The summed E-state index contributed by atoms with van der Waals surface area (Å²) in [5, 5.41) is 0.758. The smallest absolute Gasteiger partial charge is 0.245 e. The highest BCUT2D eigenvalue weighted by atomic mass is 35.5. The summed E-state index contributed by atoms with van der Waals surface area (Å²) >= 11 is 5.66. The number of hydrogen-bond acceptors (Lipinski definition) is 2. The molecule has 2 atom stereocenters. The van der Waals surface area contributed by atoms with Crippen LogP contribution in [0, 0.1) is 11.6 Å². The van der Waals surface area contributed by atoms with Crippen molar-refractivity contribution >= 4 is 23.4 Å². The van der Waals surface area contributed by atoms with Crippen LogP contribution >= 0.6 is 11.6 Å². The van der Waals surface area contributed by atoms with E-state index < -0.39 is 34.7 Å². The Hall–Kier alpha value is -1.49. The van der Waals surface area contributed by atoms with Gasteiger partial charge in [-0.25, -0.2) is 8.78 Å². The summed E-state index contributed by atoms with van der Waals surface area (Å²) in [6, 6.07) is 2.69. The van der Waals surface area contributed by atoms with E-state index in [-0.39, 0.29) is 5.56 Å². The lowest BCUT2D eigenvalue weighted by atomic mass is 9.96. The molecule has 1 saturated heterocycles. The van der Waals surface area contributed by atoms with Gasteiger partial charge in [0, 0.05) is 5.56 Å². The Morgan fingerprint density at radius 1 is 1.19 bits per heavy atom. The number of nitrogens with one attached hydrogen (secondary N) is 1. The largest absolute Gasteiger partial charge is 0.295 e. The van der Waals surface area contributed by atoms with Crippen LogP contribution < -0.4 is 5.32 Å². The van der Waals surface area contributed by atoms with E-state index in [0.29, 0.717) is 0 Å². The number of rotatable bonds is 1. The fourth-order valence-electron chi connectivity index (χ4n) is 1.60. The fourth-order valence-corrected chi connectivity index (χ4v) is 1.91. The van der Waals surface area contributed by atoms with Crippen LogP contribution in [0.4, 0.5) is 8.78 Å². The molecule has 0 saturated carbocycles. The van der Waals surface area contributed by atoms with Crippen LogP contribution in [0.3, 0.4) is 0 Å². The number of amides is 2. The number of carbonyl (C=O) groups excluding carboxylic acids is 2. The summed E-state index contributed by atoms with van der Waals surface area (Å²) in [7, 11) is 0. The predicted octanol–water partition coefficient (Wildman–Crippen LogP) is 1.31. The van der Waals surface area contributed by atoms with Crippen molar-refractivity contribution in [3.8, 4) is 0 Å². The molecule has 84 valence electrons. The quantitative estimate of drug-likeness (QED) is 0.599. The molecule has 0 radical (unpaired) electrons. The second-order valence-corrected chi connectivity index (χ2v) is 3.87. The minimum Gasteiger partial charge on any atom is -0.295 e. The van der Waals surface area contributed by atoms with Crippen LogP contribution in [0.15, 0.2) is 18.2 Å². The van der Waals surface area contributed by atoms with Crippen molar-refractivity contribution in [2.75, 3.05) is 0 Å². The highest BCUT2D eigenvalue weighted by Crippen LogP contribution is 2.30. The SMILES string of the molecule is O=C1NC(=O)C(c2cc(F)ccc2F)C1Cl. The monoisotopic (exact) mass is 245 g/mol. The molecule has 1 N–H and O–H groups in total. The van der Waals surface area contributed by atoms with Gasteiger partial charge >= 0.3 is 0 Å². The van der Waals surface area contributed by atoms with E-state index in [2.05, 4.69) is 0 Å². The molecule has 0 spiro atoms. The van der Waals surface area contributed by atoms with E-state index in [1.54, 1.807) is 0 Å². The van der Waals surface area contributed by atoms with Crippen LogP contribution in [0.1, 0.15) is 11.5 Å². The maximum atomic E-state index is 13.4. The van der Waals surface area contributed by atoms with Gasteiger partial charge in [0.1, 0.15) is 17.0 Å². The fraction of sp³-hybridized carbons (Fsp3) is 0.200. The summed E-state index contributed by atoms with van der Waals surface area (Å²) < 4.78 is 26.3. The van der Waals surface area contributed by atoms with Crippen LogP contribution in [-0.4, -0.2) is 17.2 Å². The molecule has 1 aromatic carbocycles. The van der Waals surface area contributed by atoms with Gasteiger partial charge in [0.05, 0.1) is 5.92 Å². The average Bonchev–Trinajstić information content (AvgIpc) is 2.46. The highest BCUT2D eigenvalue weighted by molar-refractivity contribution is 6.37. The summed E-state index contributed by atoms with van der Waals surface area (Å²) in [5.41, 5.74) is -0.205. The van der Waals surface area contributed by atoms with E-state index in [1.807, 2.05) is 5.32 Å². The topological polar surface area (TPSA) is 46.2 Å². The van der Waals surface area contributed by atoms with Gasteiger partial charge in [-0.3, -0.25) is 14.9 Å². The maximum absolute atomic E-state index is 13.4. The molecule has 1 aliphatic rings. The molecule has 1 aromatic rings. The number of carbonyl (C=O) groups is 2. The predicted molar refractivity (Wildman–Crippen MR) is 51.9 cm³/mol. The molecule has 2 unspecified atom stereocenters. The first-order chi connectivity index (χ1) is 7.50. The zero-order chi connectivity index (χ0) is 11.9. The van der Waals surface area contributed by atoms with Crippen molar-refractivity contribution in [1.82, 2.24) is 5.32 Å². The number of hydrogen-bond donors (Lipinski definition) is 1. The second kappa shape index (κ2) is 3.83. The highest BCUT2D eigenvalue weighted by Gasteiger charge is 2.42. The van der Waals surface area contributed by atoms with E-state index in [4.69, 9.17) is 11.6 Å². The average molecular weight is 246 g/mol. The first-order valence-corrected chi connectivity index (χ1v) is 4.88. The molecule has 1 fully saturated rings. The van der Waals surface area contributed by atoms with Crippen molar-refractivity contribution in [3.05, 3.63) is 35.4 Å². The van der Waals surface area contributed by atoms with Gasteiger partial charge in [-0.1, -0.05) is 0 Å². The van der Waals surface area contributed by atoms with Gasteiger partial charge in [-0.2, -0.15) is 0 Å². The number of benzene rings is 1. The molecule has 6 heteroatoms. The van der Waals surface area contributed by atoms with Crippen molar-refractivity contribution in [2.24, 2.45) is 0 Å². The normalized spacial score (nSPS) is 24.7. The van der Waals surface area contributed by atoms with E-state index in [9.17, 15) is 18.4 Å². The molecule has 2 amide bonds. The second-order valence-electron chi connectivity index (χ2n) is 3.40. The first kappa shape index (κ1) is 11.0. The molecule has 0 aromatic heterocycles. The van der Waals surface area contributed by atoms with Crippen molar-refractivity contribution in [3.63, 3.8) is 0 Å². The third-order valence-electron chi connectivity index (χ3n) is 2.37. The lowest BCUT2D eigenvalue weighted by Gasteiger charge is -2.10. The zero-order valence-electron chi connectivity index (χ0n) is 7.84. The van der Waals surface area contributed by atoms with E-state index in [0.717, 1.165) is 18.2 Å². The standard InChI is InChI=1S/C10H6ClF2NO2/c11-8-7(9(15)14-10(8)16)5-3-4(12)1-2-6(5)13/h1-3,7-8H,(H,14,15,16). The molecule has 1 heterocycles. The molecular weight excluding hydrogens is 240 g/mol. The van der Waals surface area contributed by atoms with Gasteiger partial charge in [-0.15, -0.1) is 11.6 Å². The van der Waals surface area contributed by atoms with Crippen molar-refractivity contribution in [2.45, 2.75) is 11.3 Å². The Morgan fingerprint density at radius 2 is 1.88 bits per heavy atom. The van der Waals surface area contributed by atoms with Crippen molar-refractivity contribution in [1.29, 1.82) is 0 Å². The molecular formula is C10H6ClF2NO2. The van der Waals surface area contributed by atoms with Gasteiger partial charge < -0.3 is 0 Å². The van der Waals surface area contributed by atoms with E-state index >= 15 is 0 Å². The summed E-state index contributed by atoms with van der Waals surface area (Å²) in [6.45, 7) is 0. The molecule has 16 heavy (non-hydrogen) atoms. The summed E-state index contributed by atoms with van der Waals surface area (Å²) in [5.74, 6) is -4.03. The Labute approximate surface area is 94.4 Å². The molecule has 2 rings (SSSR count). The van der Waals surface area contributed by atoms with Gasteiger partial charge in [0.25, 0.3) is 0 Å². The first-order valence-electron chi connectivity index (χ1n) is 4.44. The molecule has 3 nitrogen and oxygen atoms in total. The number of halogens is 3. The van der Waals surface area contributed by atoms with Crippen molar-refractivity contribution < 1.29 is 18.4 Å². The summed E-state index contributed by atoms with van der Waals surface area (Å²) in [4.78, 5) is 22.4. The Balaban J connectivity index is 2.48. The molecule has 1 aliphatic heterocycles. The minimum absolute atomic E-state index is 0.205. The number of alkyl halides is 1. The molecule has 0 aliphatic carbocycles.